The summed E-state index contributed by atoms with van der Waals surface area (Å²) in [4.78, 5) is 12.8. The Labute approximate surface area is 146 Å². The van der Waals surface area contributed by atoms with Crippen LogP contribution in [0.15, 0.2) is 42.5 Å². The van der Waals surface area contributed by atoms with Gasteiger partial charge >= 0.3 is 0 Å². The minimum Gasteiger partial charge on any atom is -0.326 e. The molecule has 128 valence electrons. The SMILES string of the molecule is Cc1ccc(NC(=O)C2[C@H]3CC/C=C\CC/C=C\CC[C@@H]23)c(C)c1. The van der Waals surface area contributed by atoms with E-state index in [0.717, 1.165) is 49.8 Å². The first-order valence-electron chi connectivity index (χ1n) is 9.35. The van der Waals surface area contributed by atoms with Crippen LogP contribution in [0, 0.1) is 31.6 Å². The van der Waals surface area contributed by atoms with Crippen molar-refractivity contribution in [2.24, 2.45) is 17.8 Å². The molecule has 1 amide bonds. The molecule has 1 saturated carbocycles. The molecular formula is C22H29NO. The van der Waals surface area contributed by atoms with Crippen LogP contribution in [0.3, 0.4) is 0 Å². The summed E-state index contributed by atoms with van der Waals surface area (Å²) in [5.74, 6) is 1.55. The molecule has 1 fully saturated rings. The van der Waals surface area contributed by atoms with Gasteiger partial charge in [-0.05, 0) is 75.8 Å². The van der Waals surface area contributed by atoms with Crippen LogP contribution in [0.2, 0.25) is 0 Å². The van der Waals surface area contributed by atoms with Crippen LogP contribution in [0.25, 0.3) is 0 Å². The third-order valence-corrected chi connectivity index (χ3v) is 5.44. The maximum absolute atomic E-state index is 12.8. The van der Waals surface area contributed by atoms with Gasteiger partial charge in [0.05, 0.1) is 0 Å². The Hall–Kier alpha value is -1.83. The molecule has 0 heterocycles. The average molecular weight is 323 g/mol. The average Bonchev–Trinajstić information content (AvgIpc) is 3.22. The Morgan fingerprint density at radius 3 is 2.08 bits per heavy atom. The molecule has 3 atom stereocenters. The van der Waals surface area contributed by atoms with E-state index >= 15 is 0 Å². The second-order valence-corrected chi connectivity index (χ2v) is 7.34. The highest BCUT2D eigenvalue weighted by Gasteiger charge is 2.52. The van der Waals surface area contributed by atoms with Gasteiger partial charge < -0.3 is 5.32 Å². The second kappa shape index (κ2) is 7.83. The third-order valence-electron chi connectivity index (χ3n) is 5.44. The van der Waals surface area contributed by atoms with Crippen molar-refractivity contribution >= 4 is 11.6 Å². The van der Waals surface area contributed by atoms with Crippen molar-refractivity contribution in [1.82, 2.24) is 0 Å². The van der Waals surface area contributed by atoms with Crippen LogP contribution >= 0.6 is 0 Å². The summed E-state index contributed by atoms with van der Waals surface area (Å²) in [6.45, 7) is 4.15. The zero-order valence-electron chi connectivity index (χ0n) is 14.9. The molecular weight excluding hydrogens is 294 g/mol. The van der Waals surface area contributed by atoms with Crippen LogP contribution < -0.4 is 5.32 Å². The first kappa shape index (κ1) is 17.0. The lowest BCUT2D eigenvalue weighted by Crippen LogP contribution is -2.16. The van der Waals surface area contributed by atoms with Gasteiger partial charge in [-0.2, -0.15) is 0 Å². The fraction of sp³-hybridized carbons (Fsp3) is 0.500. The van der Waals surface area contributed by atoms with Gasteiger partial charge in [0.2, 0.25) is 5.91 Å². The van der Waals surface area contributed by atoms with E-state index in [1.807, 2.05) is 6.07 Å². The summed E-state index contributed by atoms with van der Waals surface area (Å²) in [7, 11) is 0. The van der Waals surface area contributed by atoms with Gasteiger partial charge in [0.1, 0.15) is 0 Å². The fourth-order valence-electron chi connectivity index (χ4n) is 4.03. The summed E-state index contributed by atoms with van der Waals surface area (Å²) in [6, 6.07) is 6.22. The Balaban J connectivity index is 1.64. The third kappa shape index (κ3) is 4.17. The van der Waals surface area contributed by atoms with Crippen LogP contribution in [-0.2, 0) is 4.79 Å². The fourth-order valence-corrected chi connectivity index (χ4v) is 4.03. The number of anilines is 1. The van der Waals surface area contributed by atoms with E-state index < -0.39 is 0 Å². The van der Waals surface area contributed by atoms with Crippen LogP contribution in [-0.4, -0.2) is 5.91 Å². The molecule has 0 aliphatic heterocycles. The number of fused-ring (bicyclic) bond motifs is 1. The highest BCUT2D eigenvalue weighted by atomic mass is 16.2. The molecule has 0 radical (unpaired) electrons. The topological polar surface area (TPSA) is 29.1 Å². The second-order valence-electron chi connectivity index (χ2n) is 7.34. The van der Waals surface area contributed by atoms with Gasteiger partial charge in [-0.25, -0.2) is 0 Å². The summed E-state index contributed by atoms with van der Waals surface area (Å²) in [5, 5.41) is 3.18. The molecule has 0 saturated heterocycles. The maximum atomic E-state index is 12.8. The van der Waals surface area contributed by atoms with Gasteiger partial charge in [0.15, 0.2) is 0 Å². The van der Waals surface area contributed by atoms with Crippen molar-refractivity contribution < 1.29 is 4.79 Å². The standard InChI is InChI=1S/C22H29NO/c1-16-13-14-20(17(2)15-16)23-22(24)21-18-11-9-7-5-3-4-6-8-10-12-19(18)21/h5-8,13-15,18-19,21H,3-4,9-12H2,1-2H3,(H,23,24)/b7-5-,8-6-/t18-,19+,21?. The van der Waals surface area contributed by atoms with Crippen LogP contribution in [0.1, 0.15) is 49.7 Å². The van der Waals surface area contributed by atoms with E-state index in [1.165, 1.54) is 5.56 Å². The van der Waals surface area contributed by atoms with Gasteiger partial charge in [-0.1, -0.05) is 42.0 Å². The Kier molecular flexibility index (Phi) is 5.55. The maximum Gasteiger partial charge on any atom is 0.228 e. The smallest absolute Gasteiger partial charge is 0.228 e. The molecule has 1 N–H and O–H groups in total. The largest absolute Gasteiger partial charge is 0.326 e. The van der Waals surface area contributed by atoms with E-state index in [0.29, 0.717) is 11.8 Å². The van der Waals surface area contributed by atoms with Gasteiger partial charge in [0, 0.05) is 11.6 Å². The van der Waals surface area contributed by atoms with Gasteiger partial charge in [-0.15, -0.1) is 0 Å². The number of hydrogen-bond donors (Lipinski definition) is 1. The quantitative estimate of drug-likeness (QED) is 0.708. The van der Waals surface area contributed by atoms with Crippen molar-refractivity contribution in [1.29, 1.82) is 0 Å². The highest BCUT2D eigenvalue weighted by molar-refractivity contribution is 5.95. The normalized spacial score (nSPS) is 29.5. The molecule has 2 aliphatic carbocycles. The highest BCUT2D eigenvalue weighted by Crippen LogP contribution is 2.52. The van der Waals surface area contributed by atoms with Crippen LogP contribution in [0.5, 0.6) is 0 Å². The number of carbonyl (C=O) groups is 1. The van der Waals surface area contributed by atoms with Crippen molar-refractivity contribution in [3.8, 4) is 0 Å². The number of carbonyl (C=O) groups excluding carboxylic acids is 1. The molecule has 2 nitrogen and oxygen atoms in total. The molecule has 1 aromatic carbocycles. The number of amides is 1. The predicted molar refractivity (Wildman–Crippen MR) is 101 cm³/mol. The number of allylic oxidation sites excluding steroid dienone is 4. The van der Waals surface area contributed by atoms with Crippen molar-refractivity contribution in [2.45, 2.75) is 52.4 Å². The molecule has 2 aliphatic rings. The lowest BCUT2D eigenvalue weighted by molar-refractivity contribution is -0.117. The zero-order chi connectivity index (χ0) is 16.9. The summed E-state index contributed by atoms with van der Waals surface area (Å²) in [6.07, 6.45) is 16.0. The predicted octanol–water partition coefficient (Wildman–Crippen LogP) is 5.57. The molecule has 0 spiro atoms. The first-order valence-corrected chi connectivity index (χ1v) is 9.35. The van der Waals surface area contributed by atoms with Crippen LogP contribution in [0.4, 0.5) is 5.69 Å². The minimum atomic E-state index is 0.202. The van der Waals surface area contributed by atoms with Gasteiger partial charge in [0.25, 0.3) is 0 Å². The monoisotopic (exact) mass is 323 g/mol. The molecule has 1 unspecified atom stereocenters. The Bertz CT molecular complexity index is 619. The van der Waals surface area contributed by atoms with Crippen molar-refractivity contribution in [3.05, 3.63) is 53.6 Å². The molecule has 3 rings (SSSR count). The minimum absolute atomic E-state index is 0.202. The Morgan fingerprint density at radius 1 is 0.917 bits per heavy atom. The van der Waals surface area contributed by atoms with E-state index in [1.54, 1.807) is 0 Å². The number of benzene rings is 1. The van der Waals surface area contributed by atoms with Crippen molar-refractivity contribution in [2.75, 3.05) is 5.32 Å². The summed E-state index contributed by atoms with van der Waals surface area (Å²) < 4.78 is 0. The molecule has 2 heteroatoms. The lowest BCUT2D eigenvalue weighted by atomic mass is 10.1. The lowest BCUT2D eigenvalue weighted by Gasteiger charge is -2.09. The van der Waals surface area contributed by atoms with E-state index in [9.17, 15) is 4.79 Å². The summed E-state index contributed by atoms with van der Waals surface area (Å²) in [5.41, 5.74) is 3.35. The number of nitrogens with one attached hydrogen (secondary N) is 1. The Morgan fingerprint density at radius 2 is 1.50 bits per heavy atom. The van der Waals surface area contributed by atoms with E-state index in [-0.39, 0.29) is 11.8 Å². The number of rotatable bonds is 2. The molecule has 1 aromatic rings. The number of hydrogen-bond acceptors (Lipinski definition) is 1. The molecule has 24 heavy (non-hydrogen) atoms. The van der Waals surface area contributed by atoms with E-state index in [4.69, 9.17) is 0 Å². The first-order chi connectivity index (χ1) is 11.7. The van der Waals surface area contributed by atoms with Gasteiger partial charge in [-0.3, -0.25) is 4.79 Å². The molecule has 0 aromatic heterocycles. The van der Waals surface area contributed by atoms with E-state index in [2.05, 4.69) is 55.6 Å². The molecule has 0 bridgehead atoms. The van der Waals surface area contributed by atoms with Crippen molar-refractivity contribution in [3.63, 3.8) is 0 Å². The number of aryl methyl sites for hydroxylation is 2. The summed E-state index contributed by atoms with van der Waals surface area (Å²) >= 11 is 0. The zero-order valence-corrected chi connectivity index (χ0v) is 14.9.